The van der Waals surface area contributed by atoms with Crippen LogP contribution in [0, 0.1) is 18.3 Å². The number of benzene rings is 2. The van der Waals surface area contributed by atoms with Crippen molar-refractivity contribution in [1.29, 1.82) is 5.26 Å². The molecule has 0 saturated carbocycles. The van der Waals surface area contributed by atoms with E-state index in [0.717, 1.165) is 5.56 Å². The molecule has 2 N–H and O–H groups in total. The minimum atomic E-state index is 0.442. The highest BCUT2D eigenvalue weighted by Gasteiger charge is 2.08. The minimum Gasteiger partial charge on any atom is -0.454 e. The van der Waals surface area contributed by atoms with Gasteiger partial charge in [0.05, 0.1) is 10.6 Å². The van der Waals surface area contributed by atoms with Gasteiger partial charge in [0.25, 0.3) is 0 Å². The van der Waals surface area contributed by atoms with E-state index < -0.39 is 0 Å². The molecule has 0 fully saturated rings. The topological polar surface area (TPSA) is 59.0 Å². The second-order valence-corrected chi connectivity index (χ2v) is 4.31. The van der Waals surface area contributed by atoms with Crippen LogP contribution in [0.1, 0.15) is 11.1 Å². The van der Waals surface area contributed by atoms with Crippen LogP contribution in [0.5, 0.6) is 11.5 Å². The summed E-state index contributed by atoms with van der Waals surface area (Å²) in [5.74, 6) is 0.910. The van der Waals surface area contributed by atoms with Gasteiger partial charge in [-0.25, -0.2) is 0 Å². The highest BCUT2D eigenvalue weighted by molar-refractivity contribution is 6.32. The average Bonchev–Trinajstić information content (AvgIpc) is 2.36. The van der Waals surface area contributed by atoms with E-state index in [1.807, 2.05) is 13.0 Å². The summed E-state index contributed by atoms with van der Waals surface area (Å²) in [6, 6.07) is 12.4. The molecule has 0 aliphatic rings. The van der Waals surface area contributed by atoms with Gasteiger partial charge in [0.2, 0.25) is 0 Å². The molecule has 0 heterocycles. The van der Waals surface area contributed by atoms with Crippen molar-refractivity contribution in [1.82, 2.24) is 0 Å². The van der Waals surface area contributed by atoms with Gasteiger partial charge in [-0.2, -0.15) is 5.26 Å². The maximum absolute atomic E-state index is 9.06. The number of hydrogen-bond donors (Lipinski definition) is 1. The molecule has 0 saturated heterocycles. The monoisotopic (exact) mass is 258 g/mol. The fourth-order valence-corrected chi connectivity index (χ4v) is 1.69. The third-order valence-corrected chi connectivity index (χ3v) is 2.74. The van der Waals surface area contributed by atoms with E-state index in [-0.39, 0.29) is 0 Å². The first-order valence-corrected chi connectivity index (χ1v) is 5.71. The van der Waals surface area contributed by atoms with Crippen LogP contribution in [0.2, 0.25) is 5.02 Å². The lowest BCUT2D eigenvalue weighted by Crippen LogP contribution is -1.92. The maximum Gasteiger partial charge on any atom is 0.148 e. The Kier molecular flexibility index (Phi) is 3.40. The smallest absolute Gasteiger partial charge is 0.148 e. The molecule has 90 valence electrons. The van der Waals surface area contributed by atoms with Gasteiger partial charge in [-0.3, -0.25) is 0 Å². The summed E-state index contributed by atoms with van der Waals surface area (Å²) in [5.41, 5.74) is 7.69. The van der Waals surface area contributed by atoms with Crippen LogP contribution in [0.4, 0.5) is 5.69 Å². The lowest BCUT2D eigenvalue weighted by Gasteiger charge is -2.10. The highest BCUT2D eigenvalue weighted by atomic mass is 35.5. The summed E-state index contributed by atoms with van der Waals surface area (Å²) in [7, 11) is 0. The minimum absolute atomic E-state index is 0.442. The third-order valence-electron chi connectivity index (χ3n) is 2.43. The van der Waals surface area contributed by atoms with Crippen molar-refractivity contribution in [3.8, 4) is 17.6 Å². The normalized spacial score (nSPS) is 9.83. The van der Waals surface area contributed by atoms with E-state index in [1.54, 1.807) is 30.3 Å². The Labute approximate surface area is 110 Å². The number of anilines is 1. The van der Waals surface area contributed by atoms with E-state index in [1.165, 1.54) is 0 Å². The molecule has 0 amide bonds. The number of aryl methyl sites for hydroxylation is 1. The lowest BCUT2D eigenvalue weighted by molar-refractivity contribution is 0.481. The zero-order chi connectivity index (χ0) is 13.1. The van der Waals surface area contributed by atoms with E-state index in [4.69, 9.17) is 27.3 Å². The highest BCUT2D eigenvalue weighted by Crippen LogP contribution is 2.32. The first-order valence-electron chi connectivity index (χ1n) is 5.34. The molecule has 2 aromatic carbocycles. The van der Waals surface area contributed by atoms with E-state index in [0.29, 0.717) is 27.8 Å². The van der Waals surface area contributed by atoms with Gasteiger partial charge in [-0.1, -0.05) is 17.7 Å². The number of nitriles is 1. The van der Waals surface area contributed by atoms with Gasteiger partial charge in [-0.05, 0) is 36.8 Å². The largest absolute Gasteiger partial charge is 0.454 e. The summed E-state index contributed by atoms with van der Waals surface area (Å²) in [4.78, 5) is 0. The summed E-state index contributed by atoms with van der Waals surface area (Å²) in [6.45, 7) is 1.91. The standard InChI is InChI=1S/C14H11ClN2O/c1-9-2-5-13(10(6-9)8-16)18-14-7-11(17)3-4-12(14)15/h2-7H,17H2,1H3. The van der Waals surface area contributed by atoms with Crippen molar-refractivity contribution in [3.05, 3.63) is 52.5 Å². The molecule has 2 rings (SSSR count). The van der Waals surface area contributed by atoms with Gasteiger partial charge in [0.1, 0.15) is 17.6 Å². The van der Waals surface area contributed by atoms with Gasteiger partial charge in [-0.15, -0.1) is 0 Å². The molecule has 3 nitrogen and oxygen atoms in total. The molecular formula is C14H11ClN2O. The van der Waals surface area contributed by atoms with Crippen molar-refractivity contribution in [3.63, 3.8) is 0 Å². The maximum atomic E-state index is 9.06. The molecular weight excluding hydrogens is 248 g/mol. The Balaban J connectivity index is 2.40. The van der Waals surface area contributed by atoms with Gasteiger partial charge in [0.15, 0.2) is 0 Å². The Morgan fingerprint density at radius 3 is 2.67 bits per heavy atom. The zero-order valence-corrected chi connectivity index (χ0v) is 10.5. The Hall–Kier alpha value is -2.18. The zero-order valence-electron chi connectivity index (χ0n) is 9.77. The fourth-order valence-electron chi connectivity index (χ4n) is 1.54. The number of halogens is 1. The molecule has 0 unspecified atom stereocenters. The first kappa shape index (κ1) is 12.3. The predicted molar refractivity (Wildman–Crippen MR) is 71.8 cm³/mol. The van der Waals surface area contributed by atoms with Crippen molar-refractivity contribution in [2.24, 2.45) is 0 Å². The second kappa shape index (κ2) is 4.99. The molecule has 0 atom stereocenters. The molecule has 0 spiro atoms. The number of nitrogens with zero attached hydrogens (tertiary/aromatic N) is 1. The van der Waals surface area contributed by atoms with Crippen molar-refractivity contribution >= 4 is 17.3 Å². The first-order chi connectivity index (χ1) is 8.60. The number of nitrogens with two attached hydrogens (primary N) is 1. The van der Waals surface area contributed by atoms with Gasteiger partial charge < -0.3 is 10.5 Å². The third kappa shape index (κ3) is 2.55. The predicted octanol–water partition coefficient (Wildman–Crippen LogP) is 3.89. The number of hydrogen-bond acceptors (Lipinski definition) is 3. The van der Waals surface area contributed by atoms with Crippen LogP contribution >= 0.6 is 11.6 Å². The van der Waals surface area contributed by atoms with E-state index >= 15 is 0 Å². The van der Waals surface area contributed by atoms with Gasteiger partial charge in [0, 0.05) is 11.8 Å². The average molecular weight is 259 g/mol. The van der Waals surface area contributed by atoms with Crippen molar-refractivity contribution < 1.29 is 4.74 Å². The Morgan fingerprint density at radius 2 is 1.94 bits per heavy atom. The summed E-state index contributed by atoms with van der Waals surface area (Å²) in [6.07, 6.45) is 0. The summed E-state index contributed by atoms with van der Waals surface area (Å²) >= 11 is 6.01. The van der Waals surface area contributed by atoms with E-state index in [2.05, 4.69) is 6.07 Å². The number of ether oxygens (including phenoxy) is 1. The molecule has 4 heteroatoms. The van der Waals surface area contributed by atoms with Crippen molar-refractivity contribution in [2.45, 2.75) is 6.92 Å². The van der Waals surface area contributed by atoms with Crippen LogP contribution < -0.4 is 10.5 Å². The van der Waals surface area contributed by atoms with Crippen LogP contribution in [0.15, 0.2) is 36.4 Å². The molecule has 0 aliphatic heterocycles. The fraction of sp³-hybridized carbons (Fsp3) is 0.0714. The van der Waals surface area contributed by atoms with Crippen LogP contribution in [-0.2, 0) is 0 Å². The molecule has 2 aromatic rings. The van der Waals surface area contributed by atoms with Crippen LogP contribution in [0.3, 0.4) is 0 Å². The lowest BCUT2D eigenvalue weighted by atomic mass is 10.1. The summed E-state index contributed by atoms with van der Waals surface area (Å²) in [5, 5.41) is 9.51. The number of rotatable bonds is 2. The molecule has 0 bridgehead atoms. The SMILES string of the molecule is Cc1ccc(Oc2cc(N)ccc2Cl)c(C#N)c1. The quantitative estimate of drug-likeness (QED) is 0.831. The molecule has 18 heavy (non-hydrogen) atoms. The Morgan fingerprint density at radius 1 is 1.17 bits per heavy atom. The second-order valence-electron chi connectivity index (χ2n) is 3.90. The van der Waals surface area contributed by atoms with Crippen molar-refractivity contribution in [2.75, 3.05) is 5.73 Å². The van der Waals surface area contributed by atoms with Crippen LogP contribution in [0.25, 0.3) is 0 Å². The molecule has 0 aliphatic carbocycles. The van der Waals surface area contributed by atoms with Gasteiger partial charge >= 0.3 is 0 Å². The summed E-state index contributed by atoms with van der Waals surface area (Å²) < 4.78 is 5.63. The molecule has 0 aromatic heterocycles. The molecule has 0 radical (unpaired) electrons. The Bertz CT molecular complexity index is 632. The number of nitrogen functional groups attached to an aromatic ring is 1. The van der Waals surface area contributed by atoms with E-state index in [9.17, 15) is 0 Å². The van der Waals surface area contributed by atoms with Crippen LogP contribution in [-0.4, -0.2) is 0 Å².